The highest BCUT2D eigenvalue weighted by Gasteiger charge is 2.13. The molecule has 2 aromatic carbocycles. The van der Waals surface area contributed by atoms with Crippen LogP contribution in [0.4, 0.5) is 5.69 Å². The SMILES string of the molecule is COc1ccc(C)cc1NC(=O)c1cccc2nccnc12. The molecular weight excluding hydrogens is 278 g/mol. The van der Waals surface area contributed by atoms with Crippen molar-refractivity contribution < 1.29 is 9.53 Å². The Balaban J connectivity index is 1.99. The fourth-order valence-corrected chi connectivity index (χ4v) is 2.29. The molecule has 5 nitrogen and oxygen atoms in total. The maximum absolute atomic E-state index is 12.6. The Labute approximate surface area is 128 Å². The van der Waals surface area contributed by atoms with E-state index in [1.165, 1.54) is 0 Å². The second-order valence-electron chi connectivity index (χ2n) is 4.89. The van der Waals surface area contributed by atoms with Crippen LogP contribution in [0.25, 0.3) is 11.0 Å². The Kier molecular flexibility index (Phi) is 3.70. The lowest BCUT2D eigenvalue weighted by Crippen LogP contribution is -2.13. The van der Waals surface area contributed by atoms with Crippen molar-refractivity contribution in [3.8, 4) is 5.75 Å². The zero-order valence-electron chi connectivity index (χ0n) is 12.3. The fraction of sp³-hybridized carbons (Fsp3) is 0.118. The molecular formula is C17H15N3O2. The van der Waals surface area contributed by atoms with Crippen LogP contribution in [0.1, 0.15) is 15.9 Å². The molecule has 0 aliphatic rings. The Morgan fingerprint density at radius 3 is 2.77 bits per heavy atom. The van der Waals surface area contributed by atoms with Crippen LogP contribution in [-0.4, -0.2) is 23.0 Å². The van der Waals surface area contributed by atoms with Gasteiger partial charge in [0.1, 0.15) is 11.3 Å². The summed E-state index contributed by atoms with van der Waals surface area (Å²) in [6.45, 7) is 1.96. The molecule has 0 atom stereocenters. The molecule has 1 N–H and O–H groups in total. The summed E-state index contributed by atoms with van der Waals surface area (Å²) >= 11 is 0. The van der Waals surface area contributed by atoms with Gasteiger partial charge in [-0.2, -0.15) is 0 Å². The molecule has 1 amide bonds. The zero-order valence-corrected chi connectivity index (χ0v) is 12.3. The van der Waals surface area contributed by atoms with Crippen LogP contribution in [0.5, 0.6) is 5.75 Å². The molecule has 0 unspecified atom stereocenters. The van der Waals surface area contributed by atoms with Gasteiger partial charge in [-0.05, 0) is 36.8 Å². The predicted octanol–water partition coefficient (Wildman–Crippen LogP) is 3.20. The van der Waals surface area contributed by atoms with E-state index < -0.39 is 0 Å². The van der Waals surface area contributed by atoms with Crippen molar-refractivity contribution in [1.29, 1.82) is 0 Å². The Morgan fingerprint density at radius 2 is 1.95 bits per heavy atom. The molecule has 1 heterocycles. The first-order valence-electron chi connectivity index (χ1n) is 6.85. The Morgan fingerprint density at radius 1 is 1.14 bits per heavy atom. The predicted molar refractivity (Wildman–Crippen MR) is 85.2 cm³/mol. The minimum Gasteiger partial charge on any atom is -0.495 e. The van der Waals surface area contributed by atoms with Gasteiger partial charge in [0.15, 0.2) is 0 Å². The number of aryl methyl sites for hydroxylation is 1. The zero-order chi connectivity index (χ0) is 15.5. The average molecular weight is 293 g/mol. The Bertz CT molecular complexity index is 841. The van der Waals surface area contributed by atoms with E-state index in [1.54, 1.807) is 31.6 Å². The maximum Gasteiger partial charge on any atom is 0.258 e. The van der Waals surface area contributed by atoms with E-state index in [0.29, 0.717) is 28.0 Å². The number of amides is 1. The molecule has 0 bridgehead atoms. The molecule has 110 valence electrons. The highest BCUT2D eigenvalue weighted by atomic mass is 16.5. The van der Waals surface area contributed by atoms with E-state index in [4.69, 9.17) is 4.74 Å². The molecule has 0 fully saturated rings. The van der Waals surface area contributed by atoms with Crippen LogP contribution in [0.2, 0.25) is 0 Å². The summed E-state index contributed by atoms with van der Waals surface area (Å²) in [5.41, 5.74) is 3.41. The Hall–Kier alpha value is -2.95. The number of rotatable bonds is 3. The van der Waals surface area contributed by atoms with Crippen molar-refractivity contribution >= 4 is 22.6 Å². The number of nitrogens with one attached hydrogen (secondary N) is 1. The second-order valence-corrected chi connectivity index (χ2v) is 4.89. The normalized spacial score (nSPS) is 10.5. The number of methoxy groups -OCH3 is 1. The van der Waals surface area contributed by atoms with Crippen molar-refractivity contribution in [3.63, 3.8) is 0 Å². The van der Waals surface area contributed by atoms with Crippen LogP contribution < -0.4 is 10.1 Å². The molecule has 1 aromatic heterocycles. The van der Waals surface area contributed by atoms with Crippen molar-refractivity contribution in [2.45, 2.75) is 6.92 Å². The van der Waals surface area contributed by atoms with Crippen LogP contribution in [0, 0.1) is 6.92 Å². The summed E-state index contributed by atoms with van der Waals surface area (Å²) < 4.78 is 5.28. The average Bonchev–Trinajstić information content (AvgIpc) is 2.54. The van der Waals surface area contributed by atoms with E-state index in [9.17, 15) is 4.79 Å². The van der Waals surface area contributed by atoms with Gasteiger partial charge in [-0.25, -0.2) is 0 Å². The summed E-state index contributed by atoms with van der Waals surface area (Å²) in [6, 6.07) is 11.0. The first-order chi connectivity index (χ1) is 10.7. The number of ether oxygens (including phenoxy) is 1. The summed E-state index contributed by atoms with van der Waals surface area (Å²) in [7, 11) is 1.57. The van der Waals surface area contributed by atoms with Gasteiger partial charge in [0.2, 0.25) is 0 Å². The van der Waals surface area contributed by atoms with Gasteiger partial charge in [0, 0.05) is 12.4 Å². The quantitative estimate of drug-likeness (QED) is 0.805. The van der Waals surface area contributed by atoms with Crippen molar-refractivity contribution in [1.82, 2.24) is 9.97 Å². The van der Waals surface area contributed by atoms with Gasteiger partial charge in [-0.1, -0.05) is 12.1 Å². The number of benzene rings is 2. The van der Waals surface area contributed by atoms with Gasteiger partial charge in [-0.15, -0.1) is 0 Å². The number of hydrogen-bond donors (Lipinski definition) is 1. The van der Waals surface area contributed by atoms with Gasteiger partial charge in [0.25, 0.3) is 5.91 Å². The maximum atomic E-state index is 12.6. The standard InChI is InChI=1S/C17H15N3O2/c1-11-6-7-15(22-2)14(10-11)20-17(21)12-4-3-5-13-16(12)19-9-8-18-13/h3-10H,1-2H3,(H,20,21). The van der Waals surface area contributed by atoms with Gasteiger partial charge in [0.05, 0.1) is 23.9 Å². The summed E-state index contributed by atoms with van der Waals surface area (Å²) in [5.74, 6) is 0.375. The van der Waals surface area contributed by atoms with Gasteiger partial charge in [-0.3, -0.25) is 14.8 Å². The summed E-state index contributed by atoms with van der Waals surface area (Å²) in [4.78, 5) is 21.0. The number of carbonyl (C=O) groups is 1. The van der Waals surface area contributed by atoms with Crippen LogP contribution in [0.15, 0.2) is 48.8 Å². The lowest BCUT2D eigenvalue weighted by molar-refractivity contribution is 0.102. The van der Waals surface area contributed by atoms with Crippen LogP contribution in [0.3, 0.4) is 0 Å². The van der Waals surface area contributed by atoms with Crippen LogP contribution in [-0.2, 0) is 0 Å². The number of aromatic nitrogens is 2. The largest absolute Gasteiger partial charge is 0.495 e. The molecule has 5 heteroatoms. The fourth-order valence-electron chi connectivity index (χ4n) is 2.29. The third-order valence-corrected chi connectivity index (χ3v) is 3.35. The molecule has 22 heavy (non-hydrogen) atoms. The van der Waals surface area contributed by atoms with E-state index in [1.807, 2.05) is 31.2 Å². The van der Waals surface area contributed by atoms with E-state index in [2.05, 4.69) is 15.3 Å². The smallest absolute Gasteiger partial charge is 0.258 e. The molecule has 0 aliphatic heterocycles. The molecule has 0 saturated carbocycles. The minimum absolute atomic E-state index is 0.241. The highest BCUT2D eigenvalue weighted by Crippen LogP contribution is 2.26. The lowest BCUT2D eigenvalue weighted by Gasteiger charge is -2.11. The third-order valence-electron chi connectivity index (χ3n) is 3.35. The third kappa shape index (κ3) is 2.61. The summed E-state index contributed by atoms with van der Waals surface area (Å²) in [6.07, 6.45) is 3.18. The topological polar surface area (TPSA) is 64.1 Å². The number of para-hydroxylation sites is 1. The number of hydrogen-bond acceptors (Lipinski definition) is 4. The number of nitrogens with zero attached hydrogens (tertiary/aromatic N) is 2. The molecule has 0 radical (unpaired) electrons. The monoisotopic (exact) mass is 293 g/mol. The van der Waals surface area contributed by atoms with E-state index in [0.717, 1.165) is 5.56 Å². The number of carbonyl (C=O) groups excluding carboxylic acids is 1. The first-order valence-corrected chi connectivity index (χ1v) is 6.85. The second kappa shape index (κ2) is 5.81. The molecule has 0 spiro atoms. The van der Waals surface area contributed by atoms with Crippen molar-refractivity contribution in [2.24, 2.45) is 0 Å². The van der Waals surface area contributed by atoms with Crippen LogP contribution >= 0.6 is 0 Å². The van der Waals surface area contributed by atoms with E-state index in [-0.39, 0.29) is 5.91 Å². The van der Waals surface area contributed by atoms with Gasteiger partial charge < -0.3 is 10.1 Å². The van der Waals surface area contributed by atoms with E-state index >= 15 is 0 Å². The molecule has 3 rings (SSSR count). The number of fused-ring (bicyclic) bond motifs is 1. The molecule has 0 saturated heterocycles. The first kappa shape index (κ1) is 14.0. The molecule has 3 aromatic rings. The minimum atomic E-state index is -0.241. The highest BCUT2D eigenvalue weighted by molar-refractivity contribution is 6.11. The summed E-state index contributed by atoms with van der Waals surface area (Å²) in [5, 5.41) is 2.88. The lowest BCUT2D eigenvalue weighted by atomic mass is 10.1. The molecule has 0 aliphatic carbocycles. The number of anilines is 1. The van der Waals surface area contributed by atoms with Crippen molar-refractivity contribution in [2.75, 3.05) is 12.4 Å². The van der Waals surface area contributed by atoms with Gasteiger partial charge >= 0.3 is 0 Å². The van der Waals surface area contributed by atoms with Crippen molar-refractivity contribution in [3.05, 3.63) is 59.9 Å².